The van der Waals surface area contributed by atoms with Crippen molar-refractivity contribution in [3.05, 3.63) is 35.4 Å². The van der Waals surface area contributed by atoms with Crippen LogP contribution in [0.4, 0.5) is 0 Å². The van der Waals surface area contributed by atoms with E-state index in [1.54, 1.807) is 17.0 Å². The predicted octanol–water partition coefficient (Wildman–Crippen LogP) is 0.148. The molecule has 1 saturated heterocycles. The molecule has 1 aromatic rings. The summed E-state index contributed by atoms with van der Waals surface area (Å²) in [6.07, 6.45) is 2.17. The summed E-state index contributed by atoms with van der Waals surface area (Å²) in [6.45, 7) is 4.82. The summed E-state index contributed by atoms with van der Waals surface area (Å²) < 4.78 is 0. The van der Waals surface area contributed by atoms with Crippen LogP contribution in [0.2, 0.25) is 0 Å². The zero-order valence-corrected chi connectivity index (χ0v) is 15.2. The maximum absolute atomic E-state index is 12.3. The smallest absolute Gasteiger partial charge is 0.251 e. The number of carbonyl (C=O) groups is 3. The van der Waals surface area contributed by atoms with Gasteiger partial charge in [0, 0.05) is 37.8 Å². The Labute approximate surface area is 153 Å². The van der Waals surface area contributed by atoms with Crippen molar-refractivity contribution in [3.8, 4) is 0 Å². The van der Waals surface area contributed by atoms with Crippen LogP contribution in [0, 0.1) is 6.92 Å². The molecule has 0 spiro atoms. The molecule has 7 heteroatoms. The number of hydrogen-bond acceptors (Lipinski definition) is 4. The Morgan fingerprint density at radius 1 is 1.12 bits per heavy atom. The van der Waals surface area contributed by atoms with Crippen molar-refractivity contribution < 1.29 is 14.4 Å². The highest BCUT2D eigenvalue weighted by atomic mass is 16.2. The van der Waals surface area contributed by atoms with E-state index in [-0.39, 0.29) is 24.3 Å². The maximum Gasteiger partial charge on any atom is 0.251 e. The highest BCUT2D eigenvalue weighted by Gasteiger charge is 2.26. The lowest BCUT2D eigenvalue weighted by Gasteiger charge is -2.34. The van der Waals surface area contributed by atoms with Crippen molar-refractivity contribution in [1.82, 2.24) is 20.4 Å². The van der Waals surface area contributed by atoms with E-state index < -0.39 is 0 Å². The van der Waals surface area contributed by atoms with Gasteiger partial charge in [0.15, 0.2) is 0 Å². The number of rotatable bonds is 6. The summed E-state index contributed by atoms with van der Waals surface area (Å²) in [6, 6.07) is 7.66. The highest BCUT2D eigenvalue weighted by molar-refractivity contribution is 5.96. The van der Waals surface area contributed by atoms with Crippen LogP contribution in [0.3, 0.4) is 0 Å². The van der Waals surface area contributed by atoms with Gasteiger partial charge in [0.25, 0.3) is 5.91 Å². The number of nitrogens with zero attached hydrogens (tertiary/aromatic N) is 2. The van der Waals surface area contributed by atoms with Gasteiger partial charge in [-0.1, -0.05) is 17.7 Å². The number of carbonyl (C=O) groups excluding carboxylic acids is 3. The van der Waals surface area contributed by atoms with Gasteiger partial charge in [0.1, 0.15) is 0 Å². The fraction of sp³-hybridized carbons (Fsp3) is 0.526. The van der Waals surface area contributed by atoms with Crippen LogP contribution in [0.15, 0.2) is 24.3 Å². The van der Waals surface area contributed by atoms with Gasteiger partial charge in [-0.15, -0.1) is 0 Å². The third-order valence-electron chi connectivity index (χ3n) is 4.72. The molecule has 0 atom stereocenters. The van der Waals surface area contributed by atoms with Crippen LogP contribution < -0.4 is 10.6 Å². The van der Waals surface area contributed by atoms with Crippen molar-refractivity contribution in [2.75, 3.05) is 39.3 Å². The second-order valence-corrected chi connectivity index (χ2v) is 7.05. The van der Waals surface area contributed by atoms with Gasteiger partial charge in [-0.2, -0.15) is 0 Å². The molecule has 1 saturated carbocycles. The molecule has 1 aromatic carbocycles. The number of benzene rings is 1. The first-order chi connectivity index (χ1) is 12.5. The average molecular weight is 358 g/mol. The molecule has 3 rings (SSSR count). The Hall–Kier alpha value is -2.41. The van der Waals surface area contributed by atoms with Crippen molar-refractivity contribution in [1.29, 1.82) is 0 Å². The van der Waals surface area contributed by atoms with Crippen LogP contribution >= 0.6 is 0 Å². The molecule has 140 valence electrons. The molecule has 1 aliphatic heterocycles. The summed E-state index contributed by atoms with van der Waals surface area (Å²) in [4.78, 5) is 40.0. The van der Waals surface area contributed by atoms with Crippen molar-refractivity contribution >= 4 is 17.7 Å². The summed E-state index contributed by atoms with van der Waals surface area (Å²) in [7, 11) is 0. The molecule has 1 heterocycles. The van der Waals surface area contributed by atoms with E-state index >= 15 is 0 Å². The standard InChI is InChI=1S/C19H26N4O3/c1-14-3-2-4-15(11-14)19(26)20-12-18(25)23-9-7-22(8-10-23)13-17(24)21-16-5-6-16/h2-4,11,16H,5-10,12-13H2,1H3,(H,20,26)(H,21,24). The molecular weight excluding hydrogens is 332 g/mol. The van der Waals surface area contributed by atoms with Crippen molar-refractivity contribution in [2.45, 2.75) is 25.8 Å². The number of aryl methyl sites for hydroxylation is 1. The van der Waals surface area contributed by atoms with Gasteiger partial charge in [0.05, 0.1) is 13.1 Å². The predicted molar refractivity (Wildman–Crippen MR) is 97.7 cm³/mol. The van der Waals surface area contributed by atoms with Crippen LogP contribution in [-0.2, 0) is 9.59 Å². The third-order valence-corrected chi connectivity index (χ3v) is 4.72. The Morgan fingerprint density at radius 3 is 2.50 bits per heavy atom. The van der Waals surface area contributed by atoms with E-state index in [4.69, 9.17) is 0 Å². The lowest BCUT2D eigenvalue weighted by atomic mass is 10.1. The van der Waals surface area contributed by atoms with Crippen LogP contribution in [-0.4, -0.2) is 72.8 Å². The molecule has 0 bridgehead atoms. The second-order valence-electron chi connectivity index (χ2n) is 7.05. The van der Waals surface area contributed by atoms with Crippen LogP contribution in [0.25, 0.3) is 0 Å². The minimum absolute atomic E-state index is 0.00502. The van der Waals surface area contributed by atoms with Gasteiger partial charge < -0.3 is 15.5 Å². The Kier molecular flexibility index (Phi) is 5.88. The molecule has 7 nitrogen and oxygen atoms in total. The van der Waals surface area contributed by atoms with Crippen molar-refractivity contribution in [2.24, 2.45) is 0 Å². The Balaban J connectivity index is 1.38. The van der Waals surface area contributed by atoms with Gasteiger partial charge in [-0.3, -0.25) is 19.3 Å². The van der Waals surface area contributed by atoms with E-state index in [1.807, 2.05) is 19.1 Å². The molecule has 2 aliphatic rings. The zero-order valence-electron chi connectivity index (χ0n) is 15.2. The molecular formula is C19H26N4O3. The summed E-state index contributed by atoms with van der Waals surface area (Å²) in [5.74, 6) is -0.261. The van der Waals surface area contributed by atoms with E-state index in [0.29, 0.717) is 44.3 Å². The largest absolute Gasteiger partial charge is 0.352 e. The van der Waals surface area contributed by atoms with Gasteiger partial charge in [0.2, 0.25) is 11.8 Å². The first kappa shape index (κ1) is 18.4. The molecule has 0 aromatic heterocycles. The minimum atomic E-state index is -0.238. The maximum atomic E-state index is 12.3. The van der Waals surface area contributed by atoms with E-state index in [0.717, 1.165) is 18.4 Å². The summed E-state index contributed by atoms with van der Waals surface area (Å²) in [5.41, 5.74) is 1.56. The van der Waals surface area contributed by atoms with E-state index in [9.17, 15) is 14.4 Å². The van der Waals surface area contributed by atoms with Gasteiger partial charge in [-0.25, -0.2) is 0 Å². The van der Waals surface area contributed by atoms with Gasteiger partial charge in [-0.05, 0) is 31.9 Å². The topological polar surface area (TPSA) is 81.8 Å². The quantitative estimate of drug-likeness (QED) is 0.758. The average Bonchev–Trinajstić information content (AvgIpc) is 3.43. The molecule has 2 fully saturated rings. The van der Waals surface area contributed by atoms with Crippen molar-refractivity contribution in [3.63, 3.8) is 0 Å². The summed E-state index contributed by atoms with van der Waals surface area (Å²) >= 11 is 0. The lowest BCUT2D eigenvalue weighted by Crippen LogP contribution is -2.53. The molecule has 1 aliphatic carbocycles. The third kappa shape index (κ3) is 5.29. The molecule has 26 heavy (non-hydrogen) atoms. The molecule has 3 amide bonds. The normalized spacial score (nSPS) is 17.7. The first-order valence-electron chi connectivity index (χ1n) is 9.15. The van der Waals surface area contributed by atoms with E-state index in [1.165, 1.54) is 0 Å². The monoisotopic (exact) mass is 358 g/mol. The summed E-state index contributed by atoms with van der Waals surface area (Å²) in [5, 5.41) is 5.67. The number of nitrogens with one attached hydrogen (secondary N) is 2. The van der Waals surface area contributed by atoms with Gasteiger partial charge >= 0.3 is 0 Å². The van der Waals surface area contributed by atoms with Crippen LogP contribution in [0.1, 0.15) is 28.8 Å². The lowest BCUT2D eigenvalue weighted by molar-refractivity contribution is -0.132. The fourth-order valence-electron chi connectivity index (χ4n) is 3.02. The Bertz CT molecular complexity index is 679. The molecule has 2 N–H and O–H groups in total. The van der Waals surface area contributed by atoms with Crippen LogP contribution in [0.5, 0.6) is 0 Å². The number of hydrogen-bond donors (Lipinski definition) is 2. The molecule has 0 radical (unpaired) electrons. The SMILES string of the molecule is Cc1cccc(C(=O)NCC(=O)N2CCN(CC(=O)NC3CC3)CC2)c1. The number of piperazine rings is 1. The zero-order chi connectivity index (χ0) is 18.5. The highest BCUT2D eigenvalue weighted by Crippen LogP contribution is 2.18. The minimum Gasteiger partial charge on any atom is -0.352 e. The first-order valence-corrected chi connectivity index (χ1v) is 9.15. The van der Waals surface area contributed by atoms with E-state index in [2.05, 4.69) is 15.5 Å². The fourth-order valence-corrected chi connectivity index (χ4v) is 3.02. The molecule has 0 unspecified atom stereocenters. The number of amides is 3. The Morgan fingerprint density at radius 2 is 1.85 bits per heavy atom. The second kappa shape index (κ2) is 8.31.